The van der Waals surface area contributed by atoms with Gasteiger partial charge in [0.25, 0.3) is 10.0 Å². The number of para-hydroxylation sites is 1. The third-order valence-electron chi connectivity index (χ3n) is 6.31. The second-order valence-corrected chi connectivity index (χ2v) is 11.7. The molecule has 4 aromatic rings. The van der Waals surface area contributed by atoms with E-state index in [9.17, 15) is 13.2 Å². The number of methoxy groups -OCH3 is 1. The lowest BCUT2D eigenvalue weighted by atomic mass is 10.1. The molecule has 1 N–H and O–H groups in total. The Balaban J connectivity index is 1.40. The molecule has 0 bridgehead atoms. The maximum absolute atomic E-state index is 13.7. The van der Waals surface area contributed by atoms with Crippen LogP contribution in [-0.2, 0) is 21.4 Å². The standard InChI is InChI=1S/C28H26N4O4S2/c1-18-11-12-21(13-19(18)2)30-26(33)17-37-28-29-15-25-27(31-28)23-9-4-5-10-24(23)32(38(25,34)35)16-20-7-6-8-22(14-20)36-3/h4-15H,16-17H2,1-3H3,(H,30,33). The van der Waals surface area contributed by atoms with Crippen LogP contribution in [0.25, 0.3) is 11.3 Å². The predicted octanol–water partition coefficient (Wildman–Crippen LogP) is 5.21. The highest BCUT2D eigenvalue weighted by atomic mass is 32.2. The van der Waals surface area contributed by atoms with Gasteiger partial charge in [0.2, 0.25) is 5.91 Å². The van der Waals surface area contributed by atoms with E-state index in [4.69, 9.17) is 4.74 Å². The first-order valence-corrected chi connectivity index (χ1v) is 14.3. The van der Waals surface area contributed by atoms with Crippen LogP contribution >= 0.6 is 11.8 Å². The number of nitrogens with one attached hydrogen (secondary N) is 1. The third kappa shape index (κ3) is 5.09. The van der Waals surface area contributed by atoms with E-state index >= 15 is 0 Å². The van der Waals surface area contributed by atoms with Crippen molar-refractivity contribution in [1.82, 2.24) is 9.97 Å². The van der Waals surface area contributed by atoms with Gasteiger partial charge in [-0.05, 0) is 60.9 Å². The van der Waals surface area contributed by atoms with E-state index < -0.39 is 10.0 Å². The van der Waals surface area contributed by atoms with Crippen LogP contribution in [0.2, 0.25) is 0 Å². The number of fused-ring (bicyclic) bond motifs is 3. The van der Waals surface area contributed by atoms with Crippen LogP contribution in [0.15, 0.2) is 83.0 Å². The smallest absolute Gasteiger partial charge is 0.268 e. The molecular formula is C28H26N4O4S2. The molecule has 0 spiro atoms. The number of aromatic nitrogens is 2. The molecule has 1 amide bonds. The summed E-state index contributed by atoms with van der Waals surface area (Å²) in [5.74, 6) is 0.538. The van der Waals surface area contributed by atoms with Crippen molar-refractivity contribution in [3.05, 3.63) is 89.6 Å². The average molecular weight is 547 g/mol. The van der Waals surface area contributed by atoms with Gasteiger partial charge in [0.15, 0.2) is 5.16 Å². The lowest BCUT2D eigenvalue weighted by molar-refractivity contribution is -0.113. The Morgan fingerprint density at radius 3 is 2.63 bits per heavy atom. The number of sulfonamides is 1. The molecule has 0 radical (unpaired) electrons. The highest BCUT2D eigenvalue weighted by Gasteiger charge is 2.36. The summed E-state index contributed by atoms with van der Waals surface area (Å²) < 4.78 is 34.1. The summed E-state index contributed by atoms with van der Waals surface area (Å²) in [5, 5.41) is 3.21. The van der Waals surface area contributed by atoms with Crippen molar-refractivity contribution >= 4 is 39.1 Å². The molecule has 0 fully saturated rings. The number of ether oxygens (including phenoxy) is 1. The van der Waals surface area contributed by atoms with Gasteiger partial charge in [0, 0.05) is 11.3 Å². The van der Waals surface area contributed by atoms with Gasteiger partial charge >= 0.3 is 0 Å². The number of benzene rings is 3. The van der Waals surface area contributed by atoms with Crippen LogP contribution in [0.5, 0.6) is 5.75 Å². The van der Waals surface area contributed by atoms with Gasteiger partial charge in [0.05, 0.1) is 37.0 Å². The van der Waals surface area contributed by atoms with Gasteiger partial charge in [-0.3, -0.25) is 9.10 Å². The van der Waals surface area contributed by atoms with E-state index in [0.717, 1.165) is 34.1 Å². The highest BCUT2D eigenvalue weighted by Crippen LogP contribution is 2.43. The predicted molar refractivity (Wildman–Crippen MR) is 149 cm³/mol. The van der Waals surface area contributed by atoms with Gasteiger partial charge in [-0.25, -0.2) is 18.4 Å². The number of thioether (sulfide) groups is 1. The van der Waals surface area contributed by atoms with E-state index in [0.29, 0.717) is 27.9 Å². The van der Waals surface area contributed by atoms with Crippen LogP contribution < -0.4 is 14.4 Å². The SMILES string of the molecule is COc1cccc(CN2c3ccccc3-c3nc(SCC(=O)Nc4ccc(C)c(C)c4)ncc3S2(=O)=O)c1. The average Bonchev–Trinajstić information content (AvgIpc) is 2.92. The quantitative estimate of drug-likeness (QED) is 0.251. The zero-order chi connectivity index (χ0) is 26.9. The Hall–Kier alpha value is -3.89. The number of carbonyl (C=O) groups excluding carboxylic acids is 1. The number of hydrogen-bond acceptors (Lipinski definition) is 7. The summed E-state index contributed by atoms with van der Waals surface area (Å²) in [4.78, 5) is 21.4. The molecular weight excluding hydrogens is 520 g/mol. The lowest BCUT2D eigenvalue weighted by Gasteiger charge is -2.31. The number of aryl methyl sites for hydroxylation is 2. The van der Waals surface area contributed by atoms with Gasteiger partial charge < -0.3 is 10.1 Å². The van der Waals surface area contributed by atoms with Crippen molar-refractivity contribution in [3.8, 4) is 17.0 Å². The molecule has 38 heavy (non-hydrogen) atoms. The van der Waals surface area contributed by atoms with Crippen LogP contribution in [0.1, 0.15) is 16.7 Å². The Kier molecular flexibility index (Phi) is 7.09. The fourth-order valence-corrected chi connectivity index (χ4v) is 6.37. The summed E-state index contributed by atoms with van der Waals surface area (Å²) in [6.45, 7) is 4.14. The first-order valence-electron chi connectivity index (χ1n) is 11.9. The Morgan fingerprint density at radius 2 is 1.84 bits per heavy atom. The summed E-state index contributed by atoms with van der Waals surface area (Å²) in [6.07, 6.45) is 1.33. The minimum atomic E-state index is -3.93. The second-order valence-electron chi connectivity index (χ2n) is 8.88. The third-order valence-corrected chi connectivity index (χ3v) is 8.93. The van der Waals surface area contributed by atoms with Crippen molar-refractivity contribution in [2.45, 2.75) is 30.4 Å². The Bertz CT molecular complexity index is 1640. The van der Waals surface area contributed by atoms with Crippen LogP contribution in [0, 0.1) is 13.8 Å². The number of hydrogen-bond donors (Lipinski definition) is 1. The number of rotatable bonds is 7. The van der Waals surface area contributed by atoms with Crippen molar-refractivity contribution in [2.75, 3.05) is 22.5 Å². The molecule has 10 heteroatoms. The molecule has 5 rings (SSSR count). The summed E-state index contributed by atoms with van der Waals surface area (Å²) in [5.41, 5.74) is 5.30. The molecule has 0 saturated heterocycles. The summed E-state index contributed by atoms with van der Waals surface area (Å²) in [7, 11) is -2.36. The topological polar surface area (TPSA) is 101 Å². The Morgan fingerprint density at radius 1 is 1.03 bits per heavy atom. The van der Waals surface area contributed by atoms with E-state index in [1.807, 2.05) is 68.4 Å². The Labute approximate surface area is 226 Å². The van der Waals surface area contributed by atoms with E-state index in [-0.39, 0.29) is 23.1 Å². The van der Waals surface area contributed by atoms with E-state index in [1.54, 1.807) is 19.2 Å². The molecule has 0 aliphatic carbocycles. The fourth-order valence-electron chi connectivity index (χ4n) is 4.20. The van der Waals surface area contributed by atoms with E-state index in [2.05, 4.69) is 15.3 Å². The number of amides is 1. The zero-order valence-corrected chi connectivity index (χ0v) is 22.8. The summed E-state index contributed by atoms with van der Waals surface area (Å²) in [6, 6.07) is 20.3. The van der Waals surface area contributed by atoms with Crippen molar-refractivity contribution in [3.63, 3.8) is 0 Å². The van der Waals surface area contributed by atoms with Crippen molar-refractivity contribution < 1.29 is 17.9 Å². The molecule has 1 aromatic heterocycles. The largest absolute Gasteiger partial charge is 0.497 e. The minimum Gasteiger partial charge on any atom is -0.497 e. The first-order chi connectivity index (χ1) is 18.3. The number of carbonyl (C=O) groups is 1. The first kappa shape index (κ1) is 25.7. The van der Waals surface area contributed by atoms with Gasteiger partial charge in [-0.1, -0.05) is 48.2 Å². The minimum absolute atomic E-state index is 0.0306. The van der Waals surface area contributed by atoms with E-state index in [1.165, 1.54) is 10.5 Å². The molecule has 1 aliphatic heterocycles. The monoisotopic (exact) mass is 546 g/mol. The van der Waals surface area contributed by atoms with Crippen LogP contribution in [-0.4, -0.2) is 37.2 Å². The van der Waals surface area contributed by atoms with Crippen LogP contribution in [0.3, 0.4) is 0 Å². The van der Waals surface area contributed by atoms with Crippen molar-refractivity contribution in [2.24, 2.45) is 0 Å². The maximum atomic E-state index is 13.7. The normalized spacial score (nSPS) is 13.4. The molecule has 194 valence electrons. The fraction of sp³-hybridized carbons (Fsp3) is 0.179. The molecule has 1 aliphatic rings. The van der Waals surface area contributed by atoms with Gasteiger partial charge in [-0.15, -0.1) is 0 Å². The lowest BCUT2D eigenvalue weighted by Crippen LogP contribution is -2.34. The number of anilines is 2. The molecule has 8 nitrogen and oxygen atoms in total. The van der Waals surface area contributed by atoms with Crippen molar-refractivity contribution in [1.29, 1.82) is 0 Å². The molecule has 2 heterocycles. The molecule has 0 atom stereocenters. The van der Waals surface area contributed by atoms with Crippen LogP contribution in [0.4, 0.5) is 11.4 Å². The van der Waals surface area contributed by atoms with Gasteiger partial charge in [-0.2, -0.15) is 0 Å². The molecule has 3 aromatic carbocycles. The second kappa shape index (κ2) is 10.5. The zero-order valence-electron chi connectivity index (χ0n) is 21.1. The molecule has 0 unspecified atom stereocenters. The highest BCUT2D eigenvalue weighted by molar-refractivity contribution is 7.99. The maximum Gasteiger partial charge on any atom is 0.268 e. The van der Waals surface area contributed by atoms with Gasteiger partial charge in [0.1, 0.15) is 10.6 Å². The molecule has 0 saturated carbocycles. The summed E-state index contributed by atoms with van der Waals surface area (Å²) >= 11 is 1.15. The number of nitrogens with zero attached hydrogens (tertiary/aromatic N) is 3.